The van der Waals surface area contributed by atoms with E-state index in [9.17, 15) is 4.79 Å². The van der Waals surface area contributed by atoms with E-state index in [1.54, 1.807) is 11.3 Å². The minimum absolute atomic E-state index is 0.00748. The van der Waals surface area contributed by atoms with Crippen LogP contribution in [0.15, 0.2) is 29.6 Å². The Morgan fingerprint density at radius 3 is 2.84 bits per heavy atom. The third-order valence-electron chi connectivity index (χ3n) is 3.57. The lowest BCUT2D eigenvalue weighted by Crippen LogP contribution is -2.45. The van der Waals surface area contributed by atoms with Gasteiger partial charge in [0.1, 0.15) is 0 Å². The van der Waals surface area contributed by atoms with Gasteiger partial charge in [0.2, 0.25) is 0 Å². The van der Waals surface area contributed by atoms with Crippen molar-refractivity contribution >= 4 is 38.9 Å². The van der Waals surface area contributed by atoms with E-state index in [1.807, 2.05) is 36.6 Å². The highest BCUT2D eigenvalue weighted by atomic mass is 35.5. The van der Waals surface area contributed by atoms with Gasteiger partial charge < -0.3 is 5.32 Å². The lowest BCUT2D eigenvalue weighted by molar-refractivity contribution is 0.0903. The smallest absolute Gasteiger partial charge is 0.253 e. The van der Waals surface area contributed by atoms with Gasteiger partial charge in [0.15, 0.2) is 0 Å². The third-order valence-corrected chi connectivity index (χ3v) is 4.72. The first-order valence-corrected chi connectivity index (χ1v) is 7.86. The van der Waals surface area contributed by atoms with Gasteiger partial charge in [-0.1, -0.05) is 25.1 Å². The zero-order valence-electron chi connectivity index (χ0n) is 11.2. The van der Waals surface area contributed by atoms with Crippen LogP contribution in [0.2, 0.25) is 0 Å². The summed E-state index contributed by atoms with van der Waals surface area (Å²) < 4.78 is 1.14. The van der Waals surface area contributed by atoms with E-state index >= 15 is 0 Å². The summed E-state index contributed by atoms with van der Waals surface area (Å²) in [7, 11) is 0. The number of alkyl halides is 1. The molecule has 0 radical (unpaired) electrons. The van der Waals surface area contributed by atoms with Crippen molar-refractivity contribution in [2.24, 2.45) is 0 Å². The van der Waals surface area contributed by atoms with Gasteiger partial charge in [0, 0.05) is 26.9 Å². The van der Waals surface area contributed by atoms with Crippen LogP contribution < -0.4 is 5.32 Å². The first-order valence-electron chi connectivity index (χ1n) is 6.44. The molecule has 4 heteroatoms. The number of carbonyl (C=O) groups is 1. The lowest BCUT2D eigenvalue weighted by Gasteiger charge is -2.28. The van der Waals surface area contributed by atoms with Crippen LogP contribution in [0, 0.1) is 0 Å². The summed E-state index contributed by atoms with van der Waals surface area (Å²) in [6, 6.07) is 7.98. The van der Waals surface area contributed by atoms with Gasteiger partial charge in [-0.2, -0.15) is 0 Å². The summed E-state index contributed by atoms with van der Waals surface area (Å²) in [5.74, 6) is 0.543. The van der Waals surface area contributed by atoms with Gasteiger partial charge in [-0.05, 0) is 25.8 Å². The minimum Gasteiger partial charge on any atom is -0.347 e. The quantitative estimate of drug-likeness (QED) is 0.812. The Morgan fingerprint density at radius 1 is 1.42 bits per heavy atom. The van der Waals surface area contributed by atoms with Gasteiger partial charge in [-0.3, -0.25) is 4.79 Å². The van der Waals surface area contributed by atoms with E-state index in [1.165, 1.54) is 0 Å². The molecule has 1 unspecified atom stereocenters. The molecule has 0 aliphatic heterocycles. The molecular weight excluding hydrogens is 278 g/mol. The second-order valence-electron chi connectivity index (χ2n) is 4.95. The molecule has 1 aromatic carbocycles. The highest BCUT2D eigenvalue weighted by Gasteiger charge is 2.25. The van der Waals surface area contributed by atoms with Crippen LogP contribution in [0.5, 0.6) is 0 Å². The summed E-state index contributed by atoms with van der Waals surface area (Å²) in [4.78, 5) is 12.4. The van der Waals surface area contributed by atoms with E-state index < -0.39 is 0 Å². The highest BCUT2D eigenvalue weighted by Crippen LogP contribution is 2.26. The van der Waals surface area contributed by atoms with Crippen LogP contribution in [0.3, 0.4) is 0 Å². The molecule has 1 heterocycles. The number of amides is 1. The Labute approximate surface area is 122 Å². The highest BCUT2D eigenvalue weighted by molar-refractivity contribution is 7.17. The van der Waals surface area contributed by atoms with Crippen molar-refractivity contribution in [2.75, 3.05) is 5.88 Å². The number of halogens is 1. The maximum atomic E-state index is 12.4. The number of hydrogen-bond acceptors (Lipinski definition) is 2. The third kappa shape index (κ3) is 3.10. The first kappa shape index (κ1) is 14.4. The maximum absolute atomic E-state index is 12.4. The molecule has 0 bridgehead atoms. The minimum atomic E-state index is -0.234. The largest absolute Gasteiger partial charge is 0.347 e. The number of nitrogens with one attached hydrogen (secondary N) is 1. The fraction of sp³-hybridized carbons (Fsp3) is 0.400. The molecule has 0 saturated heterocycles. The molecule has 1 amide bonds. The molecule has 2 aromatic rings. The van der Waals surface area contributed by atoms with Crippen molar-refractivity contribution in [1.29, 1.82) is 0 Å². The molecule has 0 spiro atoms. The molecule has 2 rings (SSSR count). The average molecular weight is 296 g/mol. The average Bonchev–Trinajstić information content (AvgIpc) is 2.83. The van der Waals surface area contributed by atoms with Crippen LogP contribution in [-0.2, 0) is 0 Å². The molecule has 1 atom stereocenters. The van der Waals surface area contributed by atoms with Crippen molar-refractivity contribution < 1.29 is 4.79 Å². The van der Waals surface area contributed by atoms with Crippen LogP contribution in [0.25, 0.3) is 10.1 Å². The van der Waals surface area contributed by atoms with Crippen molar-refractivity contribution in [2.45, 2.75) is 32.2 Å². The summed E-state index contributed by atoms with van der Waals surface area (Å²) in [6.45, 7) is 4.11. The number of fused-ring (bicyclic) bond motifs is 1. The summed E-state index contributed by atoms with van der Waals surface area (Å²) in [6.07, 6.45) is 1.65. The van der Waals surface area contributed by atoms with Gasteiger partial charge in [0.25, 0.3) is 5.91 Å². The van der Waals surface area contributed by atoms with E-state index in [0.29, 0.717) is 5.88 Å². The van der Waals surface area contributed by atoms with E-state index in [0.717, 1.165) is 28.5 Å². The zero-order valence-corrected chi connectivity index (χ0v) is 12.8. The van der Waals surface area contributed by atoms with E-state index in [2.05, 4.69) is 12.2 Å². The SMILES string of the molecule is CCC(C)(CCCl)NC(=O)c1csc2ccccc12. The maximum Gasteiger partial charge on any atom is 0.253 e. The van der Waals surface area contributed by atoms with Crippen molar-refractivity contribution in [1.82, 2.24) is 5.32 Å². The van der Waals surface area contributed by atoms with Crippen LogP contribution >= 0.6 is 22.9 Å². The van der Waals surface area contributed by atoms with Crippen LogP contribution in [0.4, 0.5) is 0 Å². The van der Waals surface area contributed by atoms with Crippen LogP contribution in [-0.4, -0.2) is 17.3 Å². The van der Waals surface area contributed by atoms with Crippen molar-refractivity contribution in [3.8, 4) is 0 Å². The van der Waals surface area contributed by atoms with Gasteiger partial charge in [0.05, 0.1) is 5.56 Å². The molecule has 1 N–H and O–H groups in total. The monoisotopic (exact) mass is 295 g/mol. The van der Waals surface area contributed by atoms with Gasteiger partial charge in [-0.15, -0.1) is 22.9 Å². The molecular formula is C15H18ClNOS. The fourth-order valence-electron chi connectivity index (χ4n) is 2.03. The lowest BCUT2D eigenvalue weighted by atomic mass is 9.95. The molecule has 0 aliphatic carbocycles. The number of carbonyl (C=O) groups excluding carboxylic acids is 1. The Bertz CT molecular complexity index is 580. The molecule has 19 heavy (non-hydrogen) atoms. The molecule has 102 valence electrons. The molecule has 2 nitrogen and oxygen atoms in total. The summed E-state index contributed by atoms with van der Waals surface area (Å²) in [5, 5.41) is 6.07. The molecule has 0 aliphatic rings. The zero-order chi connectivity index (χ0) is 13.9. The van der Waals surface area contributed by atoms with Crippen molar-refractivity contribution in [3.05, 3.63) is 35.2 Å². The Kier molecular flexibility index (Phi) is 4.48. The number of rotatable bonds is 5. The topological polar surface area (TPSA) is 29.1 Å². The molecule has 0 fully saturated rings. The predicted molar refractivity (Wildman–Crippen MR) is 83.3 cm³/mol. The standard InChI is InChI=1S/C15H18ClNOS/c1-3-15(2,8-9-16)17-14(18)12-10-19-13-7-5-4-6-11(12)13/h4-7,10H,3,8-9H2,1-2H3,(H,17,18). The van der Waals surface area contributed by atoms with Crippen LogP contribution in [0.1, 0.15) is 37.0 Å². The Hall–Kier alpha value is -1.06. The first-order chi connectivity index (χ1) is 9.09. The number of hydrogen-bond donors (Lipinski definition) is 1. The normalized spacial score (nSPS) is 14.3. The van der Waals surface area contributed by atoms with Gasteiger partial charge >= 0.3 is 0 Å². The second-order valence-corrected chi connectivity index (χ2v) is 6.24. The molecule has 1 aromatic heterocycles. The fourth-order valence-corrected chi connectivity index (χ4v) is 3.39. The summed E-state index contributed by atoms with van der Waals surface area (Å²) >= 11 is 7.42. The number of benzene rings is 1. The number of thiophene rings is 1. The van der Waals surface area contributed by atoms with Gasteiger partial charge in [-0.25, -0.2) is 0 Å². The Balaban J connectivity index is 2.24. The van der Waals surface area contributed by atoms with Crippen molar-refractivity contribution in [3.63, 3.8) is 0 Å². The predicted octanol–water partition coefficient (Wildman–Crippen LogP) is 4.43. The Morgan fingerprint density at radius 2 is 2.16 bits per heavy atom. The van der Waals surface area contributed by atoms with E-state index in [4.69, 9.17) is 11.6 Å². The summed E-state index contributed by atoms with van der Waals surface area (Å²) in [5.41, 5.74) is 0.525. The van der Waals surface area contributed by atoms with E-state index in [-0.39, 0.29) is 11.4 Å². The second kappa shape index (κ2) is 5.93. The molecule has 0 saturated carbocycles.